The number of carbonyl (C=O) groups excluding carboxylic acids is 2. The van der Waals surface area contributed by atoms with Crippen LogP contribution in [-0.2, 0) is 14.3 Å². The first-order chi connectivity index (χ1) is 9.60. The Labute approximate surface area is 126 Å². The number of carbonyl (C=O) groups is 2. The highest BCUT2D eigenvalue weighted by molar-refractivity contribution is 7.99. The average Bonchev–Trinajstić information content (AvgIpc) is 2.95. The summed E-state index contributed by atoms with van der Waals surface area (Å²) >= 11 is 1.77. The van der Waals surface area contributed by atoms with Gasteiger partial charge in [0.15, 0.2) is 0 Å². The monoisotopic (exact) mass is 301 g/mol. The Bertz CT molecular complexity index is 316. The molecular weight excluding hydrogens is 274 g/mol. The lowest BCUT2D eigenvalue weighted by Gasteiger charge is -2.30. The van der Waals surface area contributed by atoms with E-state index in [-0.39, 0.29) is 30.4 Å². The Morgan fingerprint density at radius 1 is 1.30 bits per heavy atom. The van der Waals surface area contributed by atoms with Crippen LogP contribution >= 0.6 is 11.8 Å². The SMILES string of the molecule is CCOC(=O)CN(C(=O)C(C)CSCC)C1CCCC1. The predicted octanol–water partition coefficient (Wildman–Crippen LogP) is 2.71. The fraction of sp³-hybridized carbons (Fsp3) is 0.867. The molecule has 0 aromatic carbocycles. The highest BCUT2D eigenvalue weighted by Crippen LogP contribution is 2.25. The van der Waals surface area contributed by atoms with Crippen molar-refractivity contribution in [1.82, 2.24) is 4.90 Å². The number of rotatable bonds is 8. The van der Waals surface area contributed by atoms with E-state index >= 15 is 0 Å². The molecule has 0 N–H and O–H groups in total. The van der Waals surface area contributed by atoms with Gasteiger partial charge in [-0.3, -0.25) is 9.59 Å². The van der Waals surface area contributed by atoms with Crippen molar-refractivity contribution >= 4 is 23.6 Å². The highest BCUT2D eigenvalue weighted by Gasteiger charge is 2.31. The molecule has 1 aliphatic rings. The van der Waals surface area contributed by atoms with Gasteiger partial charge in [0.1, 0.15) is 6.54 Å². The van der Waals surface area contributed by atoms with Crippen molar-refractivity contribution in [2.45, 2.75) is 52.5 Å². The van der Waals surface area contributed by atoms with E-state index in [2.05, 4.69) is 6.92 Å². The van der Waals surface area contributed by atoms with Crippen molar-refractivity contribution in [3.63, 3.8) is 0 Å². The number of amides is 1. The van der Waals surface area contributed by atoms with Crippen LogP contribution in [0.15, 0.2) is 0 Å². The molecule has 0 aromatic heterocycles. The summed E-state index contributed by atoms with van der Waals surface area (Å²) in [6.07, 6.45) is 4.32. The van der Waals surface area contributed by atoms with Gasteiger partial charge >= 0.3 is 5.97 Å². The van der Waals surface area contributed by atoms with Gasteiger partial charge in [0, 0.05) is 17.7 Å². The minimum Gasteiger partial charge on any atom is -0.465 e. The Morgan fingerprint density at radius 2 is 1.95 bits per heavy atom. The smallest absolute Gasteiger partial charge is 0.325 e. The topological polar surface area (TPSA) is 46.6 Å². The van der Waals surface area contributed by atoms with Gasteiger partial charge < -0.3 is 9.64 Å². The third-order valence-corrected chi connectivity index (χ3v) is 4.79. The van der Waals surface area contributed by atoms with E-state index in [0.29, 0.717) is 6.61 Å². The molecule has 0 saturated heterocycles. The summed E-state index contributed by atoms with van der Waals surface area (Å²) in [5.41, 5.74) is 0. The van der Waals surface area contributed by atoms with Crippen molar-refractivity contribution in [3.05, 3.63) is 0 Å². The molecule has 1 unspecified atom stereocenters. The molecule has 0 aromatic rings. The lowest BCUT2D eigenvalue weighted by molar-refractivity contribution is -0.151. The van der Waals surface area contributed by atoms with Crippen LogP contribution in [0.2, 0.25) is 0 Å². The molecular formula is C15H27NO3S. The molecule has 4 nitrogen and oxygen atoms in total. The summed E-state index contributed by atoms with van der Waals surface area (Å²) in [4.78, 5) is 26.1. The van der Waals surface area contributed by atoms with Gasteiger partial charge in [0.05, 0.1) is 6.61 Å². The second kappa shape index (κ2) is 9.27. The van der Waals surface area contributed by atoms with Gasteiger partial charge in [-0.05, 0) is 25.5 Å². The molecule has 1 saturated carbocycles. The van der Waals surface area contributed by atoms with Crippen LogP contribution in [-0.4, -0.2) is 47.5 Å². The number of esters is 1. The molecule has 0 radical (unpaired) electrons. The normalized spacial score (nSPS) is 16.9. The van der Waals surface area contributed by atoms with E-state index in [4.69, 9.17) is 4.74 Å². The fourth-order valence-corrected chi connectivity index (χ4v) is 3.33. The summed E-state index contributed by atoms with van der Waals surface area (Å²) in [5.74, 6) is 1.62. The first-order valence-electron chi connectivity index (χ1n) is 7.63. The molecule has 116 valence electrons. The van der Waals surface area contributed by atoms with Crippen molar-refractivity contribution in [2.24, 2.45) is 5.92 Å². The van der Waals surface area contributed by atoms with E-state index in [1.165, 1.54) is 0 Å². The van der Waals surface area contributed by atoms with Gasteiger partial charge in [-0.1, -0.05) is 26.7 Å². The van der Waals surface area contributed by atoms with Gasteiger partial charge in [0.25, 0.3) is 0 Å². The fourth-order valence-electron chi connectivity index (χ4n) is 2.60. The maximum Gasteiger partial charge on any atom is 0.325 e. The van der Waals surface area contributed by atoms with Crippen LogP contribution in [0.25, 0.3) is 0 Å². The molecule has 1 atom stereocenters. The molecule has 0 bridgehead atoms. The average molecular weight is 301 g/mol. The predicted molar refractivity (Wildman–Crippen MR) is 82.8 cm³/mol. The Kier molecular flexibility index (Phi) is 8.04. The number of hydrogen-bond donors (Lipinski definition) is 0. The molecule has 1 rings (SSSR count). The van der Waals surface area contributed by atoms with Crippen molar-refractivity contribution in [1.29, 1.82) is 0 Å². The summed E-state index contributed by atoms with van der Waals surface area (Å²) in [6.45, 7) is 6.32. The first-order valence-corrected chi connectivity index (χ1v) is 8.79. The Morgan fingerprint density at radius 3 is 2.50 bits per heavy atom. The molecule has 1 amide bonds. The van der Waals surface area contributed by atoms with Crippen LogP contribution in [0.5, 0.6) is 0 Å². The lowest BCUT2D eigenvalue weighted by Crippen LogP contribution is -2.45. The molecule has 0 aliphatic heterocycles. The van der Waals surface area contributed by atoms with Crippen molar-refractivity contribution in [2.75, 3.05) is 24.7 Å². The summed E-state index contributed by atoms with van der Waals surface area (Å²) < 4.78 is 5.00. The molecule has 5 heteroatoms. The standard InChI is InChI=1S/C15H27NO3S/c1-4-19-14(17)10-16(13-8-6-7-9-13)15(18)12(3)11-20-5-2/h12-13H,4-11H2,1-3H3. The quantitative estimate of drug-likeness (QED) is 0.647. The highest BCUT2D eigenvalue weighted by atomic mass is 32.2. The van der Waals surface area contributed by atoms with Gasteiger partial charge in [-0.2, -0.15) is 11.8 Å². The third-order valence-electron chi connectivity index (χ3n) is 3.65. The van der Waals surface area contributed by atoms with Crippen molar-refractivity contribution in [3.8, 4) is 0 Å². The van der Waals surface area contributed by atoms with E-state index in [1.54, 1.807) is 23.6 Å². The molecule has 20 heavy (non-hydrogen) atoms. The van der Waals surface area contributed by atoms with E-state index < -0.39 is 0 Å². The minimum absolute atomic E-state index is 0.0324. The number of nitrogens with zero attached hydrogens (tertiary/aromatic N) is 1. The summed E-state index contributed by atoms with van der Waals surface area (Å²) in [7, 11) is 0. The van der Waals surface area contributed by atoms with Crippen LogP contribution in [0.3, 0.4) is 0 Å². The maximum absolute atomic E-state index is 12.6. The summed E-state index contributed by atoms with van der Waals surface area (Å²) in [6, 6.07) is 0.223. The van der Waals surface area contributed by atoms with Crippen LogP contribution in [0.4, 0.5) is 0 Å². The maximum atomic E-state index is 12.6. The second-order valence-electron chi connectivity index (χ2n) is 5.27. The number of thioether (sulfide) groups is 1. The third kappa shape index (κ3) is 5.35. The molecule has 0 spiro atoms. The Balaban J connectivity index is 2.65. The molecule has 1 fully saturated rings. The molecule has 0 heterocycles. The Hall–Kier alpha value is -0.710. The van der Waals surface area contributed by atoms with E-state index in [0.717, 1.165) is 37.2 Å². The largest absolute Gasteiger partial charge is 0.465 e. The number of ether oxygens (including phenoxy) is 1. The minimum atomic E-state index is -0.289. The lowest BCUT2D eigenvalue weighted by atomic mass is 10.1. The van der Waals surface area contributed by atoms with Crippen LogP contribution < -0.4 is 0 Å². The zero-order valence-electron chi connectivity index (χ0n) is 12.9. The zero-order chi connectivity index (χ0) is 15.0. The van der Waals surface area contributed by atoms with E-state index in [9.17, 15) is 9.59 Å². The van der Waals surface area contributed by atoms with Crippen LogP contribution in [0, 0.1) is 5.92 Å². The number of hydrogen-bond acceptors (Lipinski definition) is 4. The van der Waals surface area contributed by atoms with Crippen molar-refractivity contribution < 1.29 is 14.3 Å². The first kappa shape index (κ1) is 17.3. The molecule has 1 aliphatic carbocycles. The van der Waals surface area contributed by atoms with Gasteiger partial charge in [0.2, 0.25) is 5.91 Å². The van der Waals surface area contributed by atoms with Gasteiger partial charge in [-0.25, -0.2) is 0 Å². The zero-order valence-corrected chi connectivity index (χ0v) is 13.7. The van der Waals surface area contributed by atoms with E-state index in [1.807, 2.05) is 6.92 Å². The van der Waals surface area contributed by atoms with Gasteiger partial charge in [-0.15, -0.1) is 0 Å². The second-order valence-corrected chi connectivity index (χ2v) is 6.59. The summed E-state index contributed by atoms with van der Waals surface area (Å²) in [5, 5.41) is 0. The van der Waals surface area contributed by atoms with Crippen LogP contribution in [0.1, 0.15) is 46.5 Å².